The molecule has 9 nitrogen and oxygen atoms in total. The van der Waals surface area contributed by atoms with Crippen molar-refractivity contribution in [2.75, 3.05) is 46.9 Å². The van der Waals surface area contributed by atoms with Crippen molar-refractivity contribution in [3.8, 4) is 11.5 Å². The van der Waals surface area contributed by atoms with Crippen LogP contribution in [0.4, 0.5) is 9.18 Å². The molecule has 0 aliphatic carbocycles. The average Bonchev–Trinajstić information content (AvgIpc) is 2.86. The lowest BCUT2D eigenvalue weighted by Crippen LogP contribution is -2.53. The zero-order valence-electron chi connectivity index (χ0n) is 18.6. The molecule has 0 unspecified atom stereocenters. The zero-order chi connectivity index (χ0) is 23.8. The van der Waals surface area contributed by atoms with E-state index in [1.807, 2.05) is 0 Å². The summed E-state index contributed by atoms with van der Waals surface area (Å²) >= 11 is 0. The molecule has 0 radical (unpaired) electrons. The highest BCUT2D eigenvalue weighted by Gasteiger charge is 2.26. The Hall–Kier alpha value is -3.82. The van der Waals surface area contributed by atoms with Gasteiger partial charge in [-0.05, 0) is 29.8 Å². The van der Waals surface area contributed by atoms with E-state index >= 15 is 0 Å². The SMILES string of the molecule is COc1ccc(C(=O)N2CCN(C(=O)CNC(=O)NCc3ccc(F)cc3)CC2)c(OC)c1. The average molecular weight is 458 g/mol. The molecule has 0 atom stereocenters. The maximum Gasteiger partial charge on any atom is 0.315 e. The predicted molar refractivity (Wildman–Crippen MR) is 119 cm³/mol. The molecule has 1 heterocycles. The number of nitrogens with one attached hydrogen (secondary N) is 2. The van der Waals surface area contributed by atoms with Crippen LogP contribution >= 0.6 is 0 Å². The molecule has 33 heavy (non-hydrogen) atoms. The number of hydrogen-bond donors (Lipinski definition) is 2. The van der Waals surface area contributed by atoms with Crippen molar-refractivity contribution < 1.29 is 28.2 Å². The largest absolute Gasteiger partial charge is 0.497 e. The number of hydrogen-bond acceptors (Lipinski definition) is 5. The van der Waals surface area contributed by atoms with Crippen LogP contribution in [0, 0.1) is 5.82 Å². The number of benzene rings is 2. The van der Waals surface area contributed by atoms with Gasteiger partial charge in [-0.25, -0.2) is 9.18 Å². The molecular weight excluding hydrogens is 431 g/mol. The third kappa shape index (κ3) is 6.34. The van der Waals surface area contributed by atoms with Crippen molar-refractivity contribution in [2.24, 2.45) is 0 Å². The van der Waals surface area contributed by atoms with Gasteiger partial charge in [0.1, 0.15) is 17.3 Å². The molecule has 0 aromatic heterocycles. The van der Waals surface area contributed by atoms with Gasteiger partial charge in [-0.2, -0.15) is 0 Å². The van der Waals surface area contributed by atoms with E-state index in [1.54, 1.807) is 40.1 Å². The monoisotopic (exact) mass is 458 g/mol. The number of ether oxygens (including phenoxy) is 2. The van der Waals surface area contributed by atoms with Crippen molar-refractivity contribution in [1.82, 2.24) is 20.4 Å². The minimum absolute atomic E-state index is 0.157. The fourth-order valence-corrected chi connectivity index (χ4v) is 3.42. The van der Waals surface area contributed by atoms with Crippen molar-refractivity contribution >= 4 is 17.8 Å². The molecule has 10 heteroatoms. The van der Waals surface area contributed by atoms with Crippen LogP contribution in [0.1, 0.15) is 15.9 Å². The number of methoxy groups -OCH3 is 2. The van der Waals surface area contributed by atoms with Crippen LogP contribution in [0.3, 0.4) is 0 Å². The molecule has 0 saturated carbocycles. The number of rotatable bonds is 7. The van der Waals surface area contributed by atoms with Gasteiger partial charge in [-0.15, -0.1) is 0 Å². The van der Waals surface area contributed by atoms with Crippen LogP contribution < -0.4 is 20.1 Å². The Morgan fingerprint density at radius 1 is 0.909 bits per heavy atom. The number of carbonyl (C=O) groups excluding carboxylic acids is 3. The highest BCUT2D eigenvalue weighted by Crippen LogP contribution is 2.26. The maximum atomic E-state index is 12.9. The third-order valence-corrected chi connectivity index (χ3v) is 5.33. The lowest BCUT2D eigenvalue weighted by molar-refractivity contribution is -0.131. The van der Waals surface area contributed by atoms with Crippen LogP contribution in [0.2, 0.25) is 0 Å². The van der Waals surface area contributed by atoms with Crippen molar-refractivity contribution in [1.29, 1.82) is 0 Å². The standard InChI is InChI=1S/C23H27FN4O5/c1-32-18-7-8-19(20(13-18)33-2)22(30)28-11-9-27(10-12-28)21(29)15-26-23(31)25-14-16-3-5-17(24)6-4-16/h3-8,13H,9-12,14-15H2,1-2H3,(H2,25,26,31). The second-order valence-corrected chi connectivity index (χ2v) is 7.40. The van der Waals surface area contributed by atoms with Crippen molar-refractivity contribution in [2.45, 2.75) is 6.54 Å². The van der Waals surface area contributed by atoms with Gasteiger partial charge in [-0.1, -0.05) is 12.1 Å². The van der Waals surface area contributed by atoms with E-state index in [1.165, 1.54) is 26.4 Å². The fourth-order valence-electron chi connectivity index (χ4n) is 3.42. The molecule has 1 fully saturated rings. The summed E-state index contributed by atoms with van der Waals surface area (Å²) in [7, 11) is 3.03. The summed E-state index contributed by atoms with van der Waals surface area (Å²) in [5.74, 6) is 0.251. The van der Waals surface area contributed by atoms with E-state index in [-0.39, 0.29) is 30.7 Å². The van der Waals surface area contributed by atoms with Crippen molar-refractivity contribution in [3.63, 3.8) is 0 Å². The highest BCUT2D eigenvalue weighted by atomic mass is 19.1. The summed E-state index contributed by atoms with van der Waals surface area (Å²) in [4.78, 5) is 40.5. The van der Waals surface area contributed by atoms with Gasteiger partial charge < -0.3 is 29.9 Å². The lowest BCUT2D eigenvalue weighted by Gasteiger charge is -2.35. The molecule has 2 aromatic carbocycles. The number of nitrogens with zero attached hydrogens (tertiary/aromatic N) is 2. The smallest absolute Gasteiger partial charge is 0.315 e. The number of piperazine rings is 1. The fraction of sp³-hybridized carbons (Fsp3) is 0.348. The molecule has 2 aromatic rings. The summed E-state index contributed by atoms with van der Waals surface area (Å²) in [6.45, 7) is 1.53. The minimum Gasteiger partial charge on any atom is -0.497 e. The van der Waals surface area contributed by atoms with Gasteiger partial charge in [0, 0.05) is 38.8 Å². The van der Waals surface area contributed by atoms with Gasteiger partial charge in [0.05, 0.1) is 26.3 Å². The van der Waals surface area contributed by atoms with Gasteiger partial charge in [0.15, 0.2) is 0 Å². The molecule has 1 aliphatic heterocycles. The first-order chi connectivity index (χ1) is 15.9. The van der Waals surface area contributed by atoms with Crippen molar-refractivity contribution in [3.05, 3.63) is 59.4 Å². The first kappa shape index (κ1) is 23.8. The van der Waals surface area contributed by atoms with Crippen LogP contribution in [0.15, 0.2) is 42.5 Å². The summed E-state index contributed by atoms with van der Waals surface area (Å²) in [5.41, 5.74) is 1.17. The van der Waals surface area contributed by atoms with E-state index in [2.05, 4.69) is 10.6 Å². The first-order valence-electron chi connectivity index (χ1n) is 10.5. The quantitative estimate of drug-likeness (QED) is 0.657. The molecule has 0 spiro atoms. The second kappa shape index (κ2) is 11.2. The molecular formula is C23H27FN4O5. The Morgan fingerprint density at radius 2 is 1.58 bits per heavy atom. The number of halogens is 1. The number of urea groups is 1. The Morgan fingerprint density at radius 3 is 2.21 bits per heavy atom. The Kier molecular flexibility index (Phi) is 8.06. The van der Waals surface area contributed by atoms with E-state index in [4.69, 9.17) is 9.47 Å². The summed E-state index contributed by atoms with van der Waals surface area (Å²) in [6.07, 6.45) is 0. The van der Waals surface area contributed by atoms with E-state index in [0.717, 1.165) is 5.56 Å². The number of amides is 4. The Labute approximate surface area is 191 Å². The van der Waals surface area contributed by atoms with E-state index in [0.29, 0.717) is 43.2 Å². The molecule has 1 saturated heterocycles. The molecule has 2 N–H and O–H groups in total. The molecule has 3 rings (SSSR count). The van der Waals surface area contributed by atoms with Crippen LogP contribution in [0.5, 0.6) is 11.5 Å². The van der Waals surface area contributed by atoms with Gasteiger partial charge in [0.25, 0.3) is 5.91 Å². The molecule has 4 amide bonds. The summed E-state index contributed by atoms with van der Waals surface area (Å²) < 4.78 is 23.4. The number of carbonyl (C=O) groups is 3. The Bertz CT molecular complexity index is 991. The van der Waals surface area contributed by atoms with Gasteiger partial charge >= 0.3 is 6.03 Å². The third-order valence-electron chi connectivity index (χ3n) is 5.33. The van der Waals surface area contributed by atoms with Crippen LogP contribution in [-0.2, 0) is 11.3 Å². The molecule has 176 valence electrons. The van der Waals surface area contributed by atoms with E-state index in [9.17, 15) is 18.8 Å². The lowest BCUT2D eigenvalue weighted by atomic mass is 10.1. The molecule has 0 bridgehead atoms. The summed E-state index contributed by atoms with van der Waals surface area (Å²) in [5, 5.41) is 5.14. The normalized spacial score (nSPS) is 13.3. The summed E-state index contributed by atoms with van der Waals surface area (Å²) in [6, 6.07) is 10.3. The van der Waals surface area contributed by atoms with Gasteiger partial charge in [-0.3, -0.25) is 9.59 Å². The van der Waals surface area contributed by atoms with Crippen LogP contribution in [-0.4, -0.2) is 74.6 Å². The molecule has 1 aliphatic rings. The minimum atomic E-state index is -0.493. The van der Waals surface area contributed by atoms with Gasteiger partial charge in [0.2, 0.25) is 5.91 Å². The first-order valence-corrected chi connectivity index (χ1v) is 10.5. The maximum absolute atomic E-state index is 12.9. The zero-order valence-corrected chi connectivity index (χ0v) is 18.6. The Balaban J connectivity index is 1.43. The van der Waals surface area contributed by atoms with E-state index < -0.39 is 6.03 Å². The topological polar surface area (TPSA) is 100 Å². The van der Waals surface area contributed by atoms with Crippen LogP contribution in [0.25, 0.3) is 0 Å². The predicted octanol–water partition coefficient (Wildman–Crippen LogP) is 1.63. The highest BCUT2D eigenvalue weighted by molar-refractivity contribution is 5.97. The second-order valence-electron chi connectivity index (χ2n) is 7.40.